The number of amides is 3. The third-order valence-electron chi connectivity index (χ3n) is 4.62. The van der Waals surface area contributed by atoms with E-state index in [0.717, 1.165) is 0 Å². The van der Waals surface area contributed by atoms with Crippen LogP contribution in [0.15, 0.2) is 12.5 Å². The van der Waals surface area contributed by atoms with Gasteiger partial charge in [-0.15, -0.1) is 0 Å². The van der Waals surface area contributed by atoms with E-state index in [4.69, 9.17) is 10.8 Å². The lowest BCUT2D eigenvalue weighted by Gasteiger charge is -2.27. The van der Waals surface area contributed by atoms with Gasteiger partial charge in [-0.2, -0.15) is 11.8 Å². The molecule has 1 heterocycles. The molecule has 180 valence electrons. The zero-order chi connectivity index (χ0) is 24.3. The lowest BCUT2D eigenvalue weighted by atomic mass is 10.0. The summed E-state index contributed by atoms with van der Waals surface area (Å²) in [6.45, 7) is 2.80. The van der Waals surface area contributed by atoms with Crippen LogP contribution in [0.1, 0.15) is 26.0 Å². The van der Waals surface area contributed by atoms with Gasteiger partial charge >= 0.3 is 5.97 Å². The summed E-state index contributed by atoms with van der Waals surface area (Å²) < 4.78 is 0. The number of aromatic nitrogens is 2. The predicted molar refractivity (Wildman–Crippen MR) is 119 cm³/mol. The number of nitrogens with two attached hydrogens (primary N) is 1. The Morgan fingerprint density at radius 3 is 2.28 bits per heavy atom. The Labute approximate surface area is 190 Å². The fourth-order valence-corrected chi connectivity index (χ4v) is 3.20. The van der Waals surface area contributed by atoms with Gasteiger partial charge in [0.1, 0.15) is 24.2 Å². The molecule has 3 amide bonds. The third-order valence-corrected chi connectivity index (χ3v) is 5.26. The summed E-state index contributed by atoms with van der Waals surface area (Å²) in [5, 5.41) is 26.0. The fourth-order valence-electron chi connectivity index (χ4n) is 2.73. The lowest BCUT2D eigenvalue weighted by molar-refractivity contribution is -0.142. The molecule has 0 aliphatic rings. The standard InChI is InChI=1S/C19H32N6O6S/c1-10(2)15(18(29)23-13(19(30)31)4-5-32-3)25-17(28)14(6-11-7-21-9-22-11)24-16(27)12(20)8-26/h7,9-10,12-15,26H,4-6,8,20H2,1-3H3,(H,21,22)(H,23,29)(H,24,27)(H,25,28)(H,30,31). The Bertz CT molecular complexity index is 759. The second-order valence-corrected chi connectivity index (χ2v) is 8.53. The molecular formula is C19H32N6O6S. The van der Waals surface area contributed by atoms with E-state index in [1.54, 1.807) is 13.8 Å². The van der Waals surface area contributed by atoms with Crippen molar-refractivity contribution in [1.82, 2.24) is 25.9 Å². The molecule has 1 aromatic rings. The zero-order valence-corrected chi connectivity index (χ0v) is 19.1. The van der Waals surface area contributed by atoms with E-state index in [1.165, 1.54) is 24.3 Å². The number of carboxylic acid groups (broad SMARTS) is 1. The van der Waals surface area contributed by atoms with Crippen LogP contribution in [0.2, 0.25) is 0 Å². The van der Waals surface area contributed by atoms with Crippen LogP contribution in [-0.4, -0.2) is 86.7 Å². The van der Waals surface area contributed by atoms with E-state index in [1.807, 2.05) is 6.26 Å². The van der Waals surface area contributed by atoms with Gasteiger partial charge in [-0.25, -0.2) is 9.78 Å². The first-order valence-corrected chi connectivity index (χ1v) is 11.5. The van der Waals surface area contributed by atoms with E-state index >= 15 is 0 Å². The number of rotatable bonds is 14. The Morgan fingerprint density at radius 1 is 1.12 bits per heavy atom. The summed E-state index contributed by atoms with van der Waals surface area (Å²) in [5.74, 6) is -3.02. The van der Waals surface area contributed by atoms with Gasteiger partial charge < -0.3 is 36.9 Å². The third kappa shape index (κ3) is 8.85. The van der Waals surface area contributed by atoms with E-state index in [9.17, 15) is 24.3 Å². The van der Waals surface area contributed by atoms with Crippen molar-refractivity contribution >= 4 is 35.5 Å². The van der Waals surface area contributed by atoms with Crippen LogP contribution in [0.3, 0.4) is 0 Å². The maximum Gasteiger partial charge on any atom is 0.326 e. The number of H-pyrrole nitrogens is 1. The highest BCUT2D eigenvalue weighted by Gasteiger charge is 2.32. The van der Waals surface area contributed by atoms with Crippen molar-refractivity contribution in [2.75, 3.05) is 18.6 Å². The molecule has 32 heavy (non-hydrogen) atoms. The monoisotopic (exact) mass is 472 g/mol. The number of nitrogens with one attached hydrogen (secondary N) is 4. The molecule has 0 saturated heterocycles. The average Bonchev–Trinajstić information content (AvgIpc) is 3.25. The molecular weight excluding hydrogens is 440 g/mol. The molecule has 0 spiro atoms. The van der Waals surface area contributed by atoms with Crippen molar-refractivity contribution < 1.29 is 29.4 Å². The molecule has 0 saturated carbocycles. The SMILES string of the molecule is CSCCC(NC(=O)C(NC(=O)C(Cc1cnc[nH]1)NC(=O)C(N)CO)C(C)C)C(=O)O. The number of aromatic amines is 1. The zero-order valence-electron chi connectivity index (χ0n) is 18.3. The summed E-state index contributed by atoms with van der Waals surface area (Å²) in [5.41, 5.74) is 6.08. The molecule has 1 aromatic heterocycles. The van der Waals surface area contributed by atoms with Crippen LogP contribution < -0.4 is 21.7 Å². The van der Waals surface area contributed by atoms with Crippen molar-refractivity contribution in [3.63, 3.8) is 0 Å². The number of imidazole rings is 1. The highest BCUT2D eigenvalue weighted by molar-refractivity contribution is 7.98. The molecule has 0 aromatic carbocycles. The minimum Gasteiger partial charge on any atom is -0.480 e. The first kappa shape index (κ1) is 27.4. The quantitative estimate of drug-likeness (QED) is 0.163. The Morgan fingerprint density at radius 2 is 1.78 bits per heavy atom. The molecule has 0 aliphatic heterocycles. The molecule has 0 radical (unpaired) electrons. The topological polar surface area (TPSA) is 200 Å². The minimum absolute atomic E-state index is 0.0353. The second kappa shape index (κ2) is 13.7. The molecule has 4 atom stereocenters. The molecule has 0 bridgehead atoms. The van der Waals surface area contributed by atoms with Crippen molar-refractivity contribution in [2.45, 2.75) is 50.9 Å². The van der Waals surface area contributed by atoms with Crippen LogP contribution in [0.25, 0.3) is 0 Å². The number of aliphatic carboxylic acids is 1. The van der Waals surface area contributed by atoms with Gasteiger partial charge in [-0.3, -0.25) is 14.4 Å². The van der Waals surface area contributed by atoms with Crippen molar-refractivity contribution in [1.29, 1.82) is 0 Å². The number of nitrogens with zero attached hydrogens (tertiary/aromatic N) is 1. The van der Waals surface area contributed by atoms with Crippen LogP contribution >= 0.6 is 11.8 Å². The molecule has 4 unspecified atom stereocenters. The molecule has 0 aliphatic carbocycles. The van der Waals surface area contributed by atoms with Crippen molar-refractivity contribution in [2.24, 2.45) is 11.7 Å². The highest BCUT2D eigenvalue weighted by Crippen LogP contribution is 2.07. The number of carbonyl (C=O) groups is 4. The van der Waals surface area contributed by atoms with E-state index in [-0.39, 0.29) is 18.8 Å². The minimum atomic E-state index is -1.22. The van der Waals surface area contributed by atoms with Gasteiger partial charge in [0.05, 0.1) is 12.9 Å². The Balaban J connectivity index is 2.96. The van der Waals surface area contributed by atoms with Gasteiger partial charge in [-0.1, -0.05) is 13.8 Å². The van der Waals surface area contributed by atoms with Gasteiger partial charge in [0.15, 0.2) is 0 Å². The maximum atomic E-state index is 13.0. The number of carboxylic acids is 1. The van der Waals surface area contributed by atoms with Crippen LogP contribution in [0, 0.1) is 5.92 Å². The van der Waals surface area contributed by atoms with Gasteiger partial charge in [0.2, 0.25) is 17.7 Å². The van der Waals surface area contributed by atoms with Gasteiger partial charge in [0, 0.05) is 18.3 Å². The maximum absolute atomic E-state index is 13.0. The molecule has 8 N–H and O–H groups in total. The predicted octanol–water partition coefficient (Wildman–Crippen LogP) is -1.78. The summed E-state index contributed by atoms with van der Waals surface area (Å²) in [6, 6.07) is -4.45. The van der Waals surface area contributed by atoms with Gasteiger partial charge in [0.25, 0.3) is 0 Å². The van der Waals surface area contributed by atoms with Crippen molar-refractivity contribution in [3.05, 3.63) is 18.2 Å². The summed E-state index contributed by atoms with van der Waals surface area (Å²) >= 11 is 1.45. The molecule has 0 fully saturated rings. The Kier molecular flexibility index (Phi) is 11.7. The number of hydrogen-bond donors (Lipinski definition) is 7. The average molecular weight is 473 g/mol. The summed E-state index contributed by atoms with van der Waals surface area (Å²) in [4.78, 5) is 56.0. The normalized spacial score (nSPS) is 14.8. The number of carbonyl (C=O) groups excluding carboxylic acids is 3. The van der Waals surface area contributed by atoms with E-state index in [2.05, 4.69) is 25.9 Å². The van der Waals surface area contributed by atoms with Crippen LogP contribution in [-0.2, 0) is 25.6 Å². The van der Waals surface area contributed by atoms with E-state index < -0.39 is 54.5 Å². The number of hydrogen-bond acceptors (Lipinski definition) is 8. The number of thioether (sulfide) groups is 1. The summed E-state index contributed by atoms with van der Waals surface area (Å²) in [7, 11) is 0. The molecule has 13 heteroatoms. The first-order valence-electron chi connectivity index (χ1n) is 10.1. The van der Waals surface area contributed by atoms with Crippen LogP contribution in [0.5, 0.6) is 0 Å². The smallest absolute Gasteiger partial charge is 0.326 e. The Hall–Kier alpha value is -2.64. The highest BCUT2D eigenvalue weighted by atomic mass is 32.2. The molecule has 12 nitrogen and oxygen atoms in total. The first-order chi connectivity index (χ1) is 15.1. The number of aliphatic hydroxyl groups is 1. The van der Waals surface area contributed by atoms with Crippen LogP contribution in [0.4, 0.5) is 0 Å². The lowest BCUT2D eigenvalue weighted by Crippen LogP contribution is -2.59. The van der Waals surface area contributed by atoms with Gasteiger partial charge in [-0.05, 0) is 24.3 Å². The van der Waals surface area contributed by atoms with Crippen molar-refractivity contribution in [3.8, 4) is 0 Å². The number of aliphatic hydroxyl groups excluding tert-OH is 1. The fraction of sp³-hybridized carbons (Fsp3) is 0.632. The largest absolute Gasteiger partial charge is 0.480 e. The second-order valence-electron chi connectivity index (χ2n) is 7.54. The summed E-state index contributed by atoms with van der Waals surface area (Å²) in [6.07, 6.45) is 4.99. The van der Waals surface area contributed by atoms with E-state index in [0.29, 0.717) is 11.4 Å². The molecule has 1 rings (SSSR count).